The molecule has 2 atom stereocenters. The van der Waals surface area contributed by atoms with Crippen LogP contribution >= 0.6 is 0 Å². The maximum Gasteiger partial charge on any atom is 0.125 e. The van der Waals surface area contributed by atoms with E-state index in [2.05, 4.69) is 32.9 Å². The first-order valence-corrected chi connectivity index (χ1v) is 6.97. The number of hydrogen-bond acceptors (Lipinski definition) is 2. The van der Waals surface area contributed by atoms with E-state index in [1.165, 1.54) is 16.7 Å². The number of benzene rings is 1. The van der Waals surface area contributed by atoms with Gasteiger partial charge >= 0.3 is 0 Å². The second kappa shape index (κ2) is 5.75. The molecule has 0 aliphatic heterocycles. The first kappa shape index (κ1) is 13.4. The zero-order valence-electron chi connectivity index (χ0n) is 11.7. The van der Waals surface area contributed by atoms with Gasteiger partial charge in [-0.15, -0.1) is 0 Å². The van der Waals surface area contributed by atoms with Gasteiger partial charge in [0.05, 0.1) is 12.7 Å². The average Bonchev–Trinajstić information content (AvgIpc) is 2.74. The van der Waals surface area contributed by atoms with Gasteiger partial charge in [-0.05, 0) is 62.6 Å². The second-order valence-corrected chi connectivity index (χ2v) is 5.55. The van der Waals surface area contributed by atoms with Gasteiger partial charge in [-0.1, -0.05) is 18.6 Å². The average molecular weight is 248 g/mol. The molecule has 1 N–H and O–H groups in total. The highest BCUT2D eigenvalue weighted by molar-refractivity contribution is 5.44. The van der Waals surface area contributed by atoms with Crippen molar-refractivity contribution in [1.82, 2.24) is 0 Å². The summed E-state index contributed by atoms with van der Waals surface area (Å²) in [5, 5.41) is 9.78. The highest BCUT2D eigenvalue weighted by Gasteiger charge is 2.24. The van der Waals surface area contributed by atoms with E-state index < -0.39 is 0 Å². The molecule has 2 unspecified atom stereocenters. The summed E-state index contributed by atoms with van der Waals surface area (Å²) >= 11 is 0. The number of aliphatic hydroxyl groups is 1. The van der Waals surface area contributed by atoms with Crippen molar-refractivity contribution in [3.63, 3.8) is 0 Å². The Hall–Kier alpha value is -1.02. The normalized spacial score (nSPS) is 23.3. The van der Waals surface area contributed by atoms with E-state index in [-0.39, 0.29) is 6.10 Å². The molecule has 0 radical (unpaired) electrons. The maximum atomic E-state index is 9.78. The summed E-state index contributed by atoms with van der Waals surface area (Å²) < 4.78 is 5.95. The lowest BCUT2D eigenvalue weighted by atomic mass is 10.0. The zero-order valence-corrected chi connectivity index (χ0v) is 11.7. The molecule has 0 bridgehead atoms. The molecule has 1 aliphatic rings. The zero-order chi connectivity index (χ0) is 13.1. The van der Waals surface area contributed by atoms with Crippen molar-refractivity contribution in [2.24, 2.45) is 5.92 Å². The quantitative estimate of drug-likeness (QED) is 0.883. The van der Waals surface area contributed by atoms with Gasteiger partial charge in [0.15, 0.2) is 0 Å². The number of ether oxygens (including phenoxy) is 1. The molecule has 1 aromatic carbocycles. The van der Waals surface area contributed by atoms with Crippen molar-refractivity contribution >= 4 is 0 Å². The molecule has 1 aromatic rings. The molecule has 0 spiro atoms. The number of aliphatic hydroxyl groups excluding tert-OH is 1. The van der Waals surface area contributed by atoms with E-state index >= 15 is 0 Å². The van der Waals surface area contributed by atoms with Crippen LogP contribution < -0.4 is 4.74 Å². The molecule has 18 heavy (non-hydrogen) atoms. The van der Waals surface area contributed by atoms with Crippen LogP contribution in [0.2, 0.25) is 0 Å². The summed E-state index contributed by atoms with van der Waals surface area (Å²) in [5.41, 5.74) is 3.71. The Morgan fingerprint density at radius 3 is 2.56 bits per heavy atom. The van der Waals surface area contributed by atoms with Gasteiger partial charge < -0.3 is 9.84 Å². The van der Waals surface area contributed by atoms with E-state index in [4.69, 9.17) is 4.74 Å². The van der Waals surface area contributed by atoms with Gasteiger partial charge in [0.25, 0.3) is 0 Å². The van der Waals surface area contributed by atoms with Crippen LogP contribution in [-0.2, 0) is 0 Å². The summed E-state index contributed by atoms with van der Waals surface area (Å²) in [6.45, 7) is 7.03. The highest BCUT2D eigenvalue weighted by atomic mass is 16.5. The molecule has 1 fully saturated rings. The first-order valence-electron chi connectivity index (χ1n) is 6.97. The maximum absolute atomic E-state index is 9.78. The lowest BCUT2D eigenvalue weighted by Crippen LogP contribution is -2.16. The highest BCUT2D eigenvalue weighted by Crippen LogP contribution is 2.30. The Morgan fingerprint density at radius 1 is 1.17 bits per heavy atom. The smallest absolute Gasteiger partial charge is 0.125 e. The van der Waals surface area contributed by atoms with Crippen molar-refractivity contribution < 1.29 is 9.84 Å². The lowest BCUT2D eigenvalue weighted by molar-refractivity contribution is 0.116. The van der Waals surface area contributed by atoms with Crippen molar-refractivity contribution in [2.75, 3.05) is 6.61 Å². The lowest BCUT2D eigenvalue weighted by Gasteiger charge is -2.17. The van der Waals surface area contributed by atoms with Gasteiger partial charge in [-0.2, -0.15) is 0 Å². The third-order valence-electron chi connectivity index (χ3n) is 4.23. The summed E-state index contributed by atoms with van der Waals surface area (Å²) in [5.74, 6) is 1.47. The van der Waals surface area contributed by atoms with Crippen molar-refractivity contribution in [2.45, 2.75) is 52.6 Å². The van der Waals surface area contributed by atoms with Crippen molar-refractivity contribution in [3.05, 3.63) is 28.8 Å². The van der Waals surface area contributed by atoms with Crippen LogP contribution in [0.15, 0.2) is 12.1 Å². The Morgan fingerprint density at radius 2 is 1.89 bits per heavy atom. The largest absolute Gasteiger partial charge is 0.493 e. The standard InChI is InChI=1S/C16H24O2/c1-11-7-8-12(2)16(13(11)3)18-10-9-14-5-4-6-15(14)17/h7-8,14-15,17H,4-6,9-10H2,1-3H3. The van der Waals surface area contributed by atoms with Crippen LogP contribution in [0.25, 0.3) is 0 Å². The Bertz CT molecular complexity index is 412. The Labute approximate surface area is 110 Å². The monoisotopic (exact) mass is 248 g/mol. The molecule has 2 rings (SSSR count). The number of rotatable bonds is 4. The third kappa shape index (κ3) is 2.86. The third-order valence-corrected chi connectivity index (χ3v) is 4.23. The van der Waals surface area contributed by atoms with E-state index in [1.54, 1.807) is 0 Å². The molecule has 2 nitrogen and oxygen atoms in total. The summed E-state index contributed by atoms with van der Waals surface area (Å²) in [7, 11) is 0. The molecule has 100 valence electrons. The van der Waals surface area contributed by atoms with E-state index in [1.807, 2.05) is 0 Å². The van der Waals surface area contributed by atoms with Crippen LogP contribution in [0.1, 0.15) is 42.4 Å². The van der Waals surface area contributed by atoms with Crippen LogP contribution in [-0.4, -0.2) is 17.8 Å². The van der Waals surface area contributed by atoms with Crippen LogP contribution in [0.3, 0.4) is 0 Å². The van der Waals surface area contributed by atoms with Crippen molar-refractivity contribution in [1.29, 1.82) is 0 Å². The first-order chi connectivity index (χ1) is 8.59. The topological polar surface area (TPSA) is 29.5 Å². The number of hydrogen-bond donors (Lipinski definition) is 1. The molecular formula is C16H24O2. The molecule has 2 heteroatoms. The minimum absolute atomic E-state index is 0.103. The number of aryl methyl sites for hydroxylation is 2. The van der Waals surface area contributed by atoms with Gasteiger partial charge in [0, 0.05) is 0 Å². The predicted molar refractivity (Wildman–Crippen MR) is 74.1 cm³/mol. The summed E-state index contributed by atoms with van der Waals surface area (Å²) in [4.78, 5) is 0. The fourth-order valence-electron chi connectivity index (χ4n) is 2.81. The molecule has 0 saturated heterocycles. The molecular weight excluding hydrogens is 224 g/mol. The minimum atomic E-state index is -0.103. The fraction of sp³-hybridized carbons (Fsp3) is 0.625. The van der Waals surface area contributed by atoms with Gasteiger partial charge in [-0.3, -0.25) is 0 Å². The van der Waals surface area contributed by atoms with Gasteiger partial charge in [-0.25, -0.2) is 0 Å². The predicted octanol–water partition coefficient (Wildman–Crippen LogP) is 3.54. The Balaban J connectivity index is 1.92. The fourth-order valence-corrected chi connectivity index (χ4v) is 2.81. The summed E-state index contributed by atoms with van der Waals surface area (Å²) in [6, 6.07) is 4.25. The van der Waals surface area contributed by atoms with Crippen LogP contribution in [0.4, 0.5) is 0 Å². The van der Waals surface area contributed by atoms with E-state index in [9.17, 15) is 5.11 Å². The van der Waals surface area contributed by atoms with Gasteiger partial charge in [0.1, 0.15) is 5.75 Å². The Kier molecular flexibility index (Phi) is 4.28. The summed E-state index contributed by atoms with van der Waals surface area (Å²) in [6.07, 6.45) is 4.14. The molecule has 0 amide bonds. The molecule has 1 aliphatic carbocycles. The van der Waals surface area contributed by atoms with Crippen LogP contribution in [0.5, 0.6) is 5.75 Å². The van der Waals surface area contributed by atoms with Crippen molar-refractivity contribution in [3.8, 4) is 5.75 Å². The molecule has 0 heterocycles. The van der Waals surface area contributed by atoms with Crippen LogP contribution in [0, 0.1) is 26.7 Å². The second-order valence-electron chi connectivity index (χ2n) is 5.55. The molecule has 1 saturated carbocycles. The molecule has 0 aromatic heterocycles. The SMILES string of the molecule is Cc1ccc(C)c(OCCC2CCCC2O)c1C. The van der Waals surface area contributed by atoms with E-state index in [0.717, 1.165) is 31.4 Å². The van der Waals surface area contributed by atoms with Gasteiger partial charge in [0.2, 0.25) is 0 Å². The van der Waals surface area contributed by atoms with E-state index in [0.29, 0.717) is 12.5 Å². The minimum Gasteiger partial charge on any atom is -0.493 e.